The SMILES string of the molecule is C1=CC2(C=C1)CCCCO2. The van der Waals surface area contributed by atoms with Gasteiger partial charge >= 0.3 is 0 Å². The third-order valence-corrected chi connectivity index (χ3v) is 2.20. The first-order chi connectivity index (χ1) is 4.91. The van der Waals surface area contributed by atoms with E-state index in [9.17, 15) is 0 Å². The van der Waals surface area contributed by atoms with Crippen molar-refractivity contribution < 1.29 is 4.74 Å². The van der Waals surface area contributed by atoms with Gasteiger partial charge in [-0.05, 0) is 31.4 Å². The first-order valence-electron chi connectivity index (χ1n) is 3.92. The predicted octanol–water partition coefficient (Wildman–Crippen LogP) is 2.05. The molecule has 0 bridgehead atoms. The average Bonchev–Trinajstić information content (AvgIpc) is 2.39. The maximum absolute atomic E-state index is 5.65. The first kappa shape index (κ1) is 6.17. The van der Waals surface area contributed by atoms with Crippen LogP contribution in [0.2, 0.25) is 0 Å². The number of rotatable bonds is 0. The van der Waals surface area contributed by atoms with Gasteiger partial charge in [-0.3, -0.25) is 0 Å². The van der Waals surface area contributed by atoms with Gasteiger partial charge < -0.3 is 4.74 Å². The van der Waals surface area contributed by atoms with Gasteiger partial charge in [0.25, 0.3) is 0 Å². The Kier molecular flexibility index (Phi) is 1.38. The Hall–Kier alpha value is -0.560. The van der Waals surface area contributed by atoms with Gasteiger partial charge in [0.1, 0.15) is 5.60 Å². The lowest BCUT2D eigenvalue weighted by Gasteiger charge is -2.30. The van der Waals surface area contributed by atoms with E-state index in [1.54, 1.807) is 0 Å². The molecule has 0 N–H and O–H groups in total. The van der Waals surface area contributed by atoms with Crippen molar-refractivity contribution in [2.75, 3.05) is 6.61 Å². The second kappa shape index (κ2) is 2.24. The second-order valence-corrected chi connectivity index (χ2v) is 2.98. The number of hydrogen-bond donors (Lipinski definition) is 0. The Labute approximate surface area is 61.4 Å². The third-order valence-electron chi connectivity index (χ3n) is 2.20. The maximum atomic E-state index is 5.65. The van der Waals surface area contributed by atoms with Gasteiger partial charge in [-0.1, -0.05) is 12.2 Å². The minimum Gasteiger partial charge on any atom is -0.367 e. The van der Waals surface area contributed by atoms with Gasteiger partial charge in [0, 0.05) is 6.61 Å². The number of allylic oxidation sites excluding steroid dienone is 2. The molecule has 0 aromatic rings. The van der Waals surface area contributed by atoms with Gasteiger partial charge in [0.05, 0.1) is 0 Å². The zero-order valence-electron chi connectivity index (χ0n) is 6.05. The molecule has 1 nitrogen and oxygen atoms in total. The summed E-state index contributed by atoms with van der Waals surface area (Å²) in [5.41, 5.74) is 0.0122. The van der Waals surface area contributed by atoms with Crippen molar-refractivity contribution in [3.8, 4) is 0 Å². The van der Waals surface area contributed by atoms with Crippen LogP contribution < -0.4 is 0 Å². The summed E-state index contributed by atoms with van der Waals surface area (Å²) in [7, 11) is 0. The first-order valence-corrected chi connectivity index (χ1v) is 3.92. The van der Waals surface area contributed by atoms with E-state index < -0.39 is 0 Å². The molecule has 0 aromatic carbocycles. The van der Waals surface area contributed by atoms with Crippen molar-refractivity contribution in [1.29, 1.82) is 0 Å². The molecule has 54 valence electrons. The zero-order valence-corrected chi connectivity index (χ0v) is 6.05. The summed E-state index contributed by atoms with van der Waals surface area (Å²) in [6.45, 7) is 0.925. The zero-order chi connectivity index (χ0) is 6.86. The molecule has 1 heterocycles. The van der Waals surface area contributed by atoms with E-state index in [1.807, 2.05) is 0 Å². The molecule has 0 amide bonds. The summed E-state index contributed by atoms with van der Waals surface area (Å²) in [5.74, 6) is 0. The monoisotopic (exact) mass is 136 g/mol. The van der Waals surface area contributed by atoms with Crippen LogP contribution in [0.1, 0.15) is 19.3 Å². The number of ether oxygens (including phenoxy) is 1. The molecule has 0 radical (unpaired) electrons. The van der Waals surface area contributed by atoms with Crippen LogP contribution in [0, 0.1) is 0 Å². The van der Waals surface area contributed by atoms with E-state index in [0.717, 1.165) is 6.61 Å². The average molecular weight is 136 g/mol. The van der Waals surface area contributed by atoms with Crippen molar-refractivity contribution in [1.82, 2.24) is 0 Å². The normalized spacial score (nSPS) is 28.0. The van der Waals surface area contributed by atoms with Crippen LogP contribution >= 0.6 is 0 Å². The van der Waals surface area contributed by atoms with E-state index in [1.165, 1.54) is 19.3 Å². The van der Waals surface area contributed by atoms with Crippen molar-refractivity contribution in [3.05, 3.63) is 24.3 Å². The van der Waals surface area contributed by atoms with Crippen LogP contribution in [-0.2, 0) is 4.74 Å². The highest BCUT2D eigenvalue weighted by Gasteiger charge is 2.28. The van der Waals surface area contributed by atoms with Crippen molar-refractivity contribution in [2.45, 2.75) is 24.9 Å². The Morgan fingerprint density at radius 2 is 1.90 bits per heavy atom. The second-order valence-electron chi connectivity index (χ2n) is 2.98. The Bertz CT molecular complexity index is 159. The molecule has 0 atom stereocenters. The summed E-state index contributed by atoms with van der Waals surface area (Å²) in [6.07, 6.45) is 12.2. The van der Waals surface area contributed by atoms with E-state index in [4.69, 9.17) is 4.74 Å². The molecule has 1 spiro atoms. The fourth-order valence-electron chi connectivity index (χ4n) is 1.59. The molecule has 1 fully saturated rings. The largest absolute Gasteiger partial charge is 0.367 e. The highest BCUT2D eigenvalue weighted by Crippen LogP contribution is 2.30. The molecule has 10 heavy (non-hydrogen) atoms. The van der Waals surface area contributed by atoms with Gasteiger partial charge in [-0.2, -0.15) is 0 Å². The highest BCUT2D eigenvalue weighted by atomic mass is 16.5. The maximum Gasteiger partial charge on any atom is 0.105 e. The van der Waals surface area contributed by atoms with E-state index in [2.05, 4.69) is 24.3 Å². The third kappa shape index (κ3) is 0.907. The lowest BCUT2D eigenvalue weighted by molar-refractivity contribution is -0.00731. The van der Waals surface area contributed by atoms with Crippen LogP contribution in [0.3, 0.4) is 0 Å². The van der Waals surface area contributed by atoms with Crippen LogP contribution in [0.5, 0.6) is 0 Å². The van der Waals surface area contributed by atoms with Crippen molar-refractivity contribution >= 4 is 0 Å². The molecule has 1 saturated heterocycles. The summed E-state index contributed by atoms with van der Waals surface area (Å²) in [4.78, 5) is 0. The van der Waals surface area contributed by atoms with Crippen LogP contribution in [-0.4, -0.2) is 12.2 Å². The molecule has 0 saturated carbocycles. The Balaban J connectivity index is 2.13. The highest BCUT2D eigenvalue weighted by molar-refractivity contribution is 5.27. The summed E-state index contributed by atoms with van der Waals surface area (Å²) < 4.78 is 5.65. The molecular formula is C9H12O. The molecule has 1 aliphatic heterocycles. The quantitative estimate of drug-likeness (QED) is 0.495. The molecule has 0 unspecified atom stereocenters. The predicted molar refractivity (Wildman–Crippen MR) is 40.8 cm³/mol. The molecule has 1 heteroatoms. The summed E-state index contributed by atoms with van der Waals surface area (Å²) in [6, 6.07) is 0. The minimum atomic E-state index is 0.0122. The van der Waals surface area contributed by atoms with Gasteiger partial charge in [-0.15, -0.1) is 0 Å². The van der Waals surface area contributed by atoms with Crippen LogP contribution in [0.15, 0.2) is 24.3 Å². The fraction of sp³-hybridized carbons (Fsp3) is 0.556. The van der Waals surface area contributed by atoms with Gasteiger partial charge in [0.2, 0.25) is 0 Å². The smallest absolute Gasteiger partial charge is 0.105 e. The van der Waals surface area contributed by atoms with Gasteiger partial charge in [0.15, 0.2) is 0 Å². The van der Waals surface area contributed by atoms with E-state index in [0.29, 0.717) is 0 Å². The van der Waals surface area contributed by atoms with Crippen LogP contribution in [0.25, 0.3) is 0 Å². The number of hydrogen-bond acceptors (Lipinski definition) is 1. The standard InChI is InChI=1S/C9H12O/c1-2-6-9(5-1)7-3-4-8-10-9/h1-2,5-6H,3-4,7-8H2. The molecule has 2 aliphatic rings. The Morgan fingerprint density at radius 3 is 2.50 bits per heavy atom. The van der Waals surface area contributed by atoms with E-state index >= 15 is 0 Å². The summed E-state index contributed by atoms with van der Waals surface area (Å²) in [5, 5.41) is 0. The molecule has 1 aliphatic carbocycles. The van der Waals surface area contributed by atoms with Crippen molar-refractivity contribution in [3.63, 3.8) is 0 Å². The Morgan fingerprint density at radius 1 is 1.10 bits per heavy atom. The fourth-order valence-corrected chi connectivity index (χ4v) is 1.59. The lowest BCUT2D eigenvalue weighted by atomic mass is 9.96. The molecule has 2 rings (SSSR count). The van der Waals surface area contributed by atoms with E-state index in [-0.39, 0.29) is 5.60 Å². The summed E-state index contributed by atoms with van der Waals surface area (Å²) >= 11 is 0. The van der Waals surface area contributed by atoms with Crippen molar-refractivity contribution in [2.24, 2.45) is 0 Å². The minimum absolute atomic E-state index is 0.0122. The topological polar surface area (TPSA) is 9.23 Å². The van der Waals surface area contributed by atoms with Crippen LogP contribution in [0.4, 0.5) is 0 Å². The lowest BCUT2D eigenvalue weighted by Crippen LogP contribution is -2.30. The van der Waals surface area contributed by atoms with Gasteiger partial charge in [-0.25, -0.2) is 0 Å². The molecule has 0 aromatic heterocycles. The molecular weight excluding hydrogens is 124 g/mol.